The number of halogens is 1. The summed E-state index contributed by atoms with van der Waals surface area (Å²) in [6.07, 6.45) is 1.63. The van der Waals surface area contributed by atoms with E-state index in [-0.39, 0.29) is 0 Å². The minimum absolute atomic E-state index is 0.300. The highest BCUT2D eigenvalue weighted by atomic mass is 19.1. The molecule has 1 heterocycles. The van der Waals surface area contributed by atoms with Crippen LogP contribution in [-0.2, 0) is 6.54 Å². The summed E-state index contributed by atoms with van der Waals surface area (Å²) in [4.78, 5) is 3.99. The van der Waals surface area contributed by atoms with Gasteiger partial charge in [-0.1, -0.05) is 0 Å². The molecule has 0 amide bonds. The SMILES string of the molecule is COc1cc(CNc2ccc(C#N)cc2F)ccn1. The molecular formula is C14H12FN3O. The van der Waals surface area contributed by atoms with E-state index in [2.05, 4.69) is 10.3 Å². The van der Waals surface area contributed by atoms with Gasteiger partial charge in [0.25, 0.3) is 0 Å². The van der Waals surface area contributed by atoms with Crippen molar-refractivity contribution in [2.24, 2.45) is 0 Å². The van der Waals surface area contributed by atoms with Gasteiger partial charge in [0.1, 0.15) is 5.82 Å². The molecule has 19 heavy (non-hydrogen) atoms. The lowest BCUT2D eigenvalue weighted by Crippen LogP contribution is -2.02. The van der Waals surface area contributed by atoms with Crippen LogP contribution in [0.2, 0.25) is 0 Å². The second kappa shape index (κ2) is 5.83. The molecular weight excluding hydrogens is 245 g/mol. The zero-order valence-electron chi connectivity index (χ0n) is 10.4. The molecule has 1 N–H and O–H groups in total. The van der Waals surface area contributed by atoms with Gasteiger partial charge < -0.3 is 10.1 Å². The molecule has 0 bridgehead atoms. The number of anilines is 1. The first kappa shape index (κ1) is 12.8. The zero-order valence-corrected chi connectivity index (χ0v) is 10.4. The van der Waals surface area contributed by atoms with Crippen LogP contribution >= 0.6 is 0 Å². The summed E-state index contributed by atoms with van der Waals surface area (Å²) in [5, 5.41) is 11.6. The van der Waals surface area contributed by atoms with Crippen molar-refractivity contribution in [2.45, 2.75) is 6.54 Å². The maximum absolute atomic E-state index is 13.6. The van der Waals surface area contributed by atoms with Crippen molar-refractivity contribution in [3.05, 3.63) is 53.5 Å². The van der Waals surface area contributed by atoms with Gasteiger partial charge in [-0.05, 0) is 29.8 Å². The Morgan fingerprint density at radius 3 is 2.89 bits per heavy atom. The number of benzene rings is 1. The molecule has 0 saturated heterocycles. The Hall–Kier alpha value is -2.61. The molecule has 0 fully saturated rings. The summed E-state index contributed by atoms with van der Waals surface area (Å²) in [5.41, 5.74) is 1.58. The average Bonchev–Trinajstić information content (AvgIpc) is 2.46. The van der Waals surface area contributed by atoms with Gasteiger partial charge >= 0.3 is 0 Å². The molecule has 0 spiro atoms. The van der Waals surface area contributed by atoms with E-state index in [1.807, 2.05) is 12.1 Å². The number of ether oxygens (including phenoxy) is 1. The molecule has 0 atom stereocenters. The lowest BCUT2D eigenvalue weighted by atomic mass is 10.2. The third-order valence-corrected chi connectivity index (χ3v) is 2.59. The highest BCUT2D eigenvalue weighted by molar-refractivity contribution is 5.49. The Morgan fingerprint density at radius 1 is 1.37 bits per heavy atom. The average molecular weight is 257 g/mol. The fourth-order valence-electron chi connectivity index (χ4n) is 1.60. The fourth-order valence-corrected chi connectivity index (χ4v) is 1.60. The first-order valence-corrected chi connectivity index (χ1v) is 5.65. The molecule has 5 heteroatoms. The van der Waals surface area contributed by atoms with E-state index >= 15 is 0 Å². The summed E-state index contributed by atoms with van der Waals surface area (Å²) in [6, 6.07) is 9.80. The number of rotatable bonds is 4. The zero-order chi connectivity index (χ0) is 13.7. The van der Waals surface area contributed by atoms with Gasteiger partial charge in [0, 0.05) is 18.8 Å². The van der Waals surface area contributed by atoms with E-state index in [1.54, 1.807) is 31.5 Å². The van der Waals surface area contributed by atoms with Gasteiger partial charge in [0.05, 0.1) is 24.4 Å². The largest absolute Gasteiger partial charge is 0.481 e. The van der Waals surface area contributed by atoms with Crippen molar-refractivity contribution in [1.29, 1.82) is 5.26 Å². The van der Waals surface area contributed by atoms with Crippen LogP contribution in [0.25, 0.3) is 0 Å². The van der Waals surface area contributed by atoms with Crippen molar-refractivity contribution in [3.8, 4) is 11.9 Å². The quantitative estimate of drug-likeness (QED) is 0.914. The molecule has 1 aromatic heterocycles. The smallest absolute Gasteiger partial charge is 0.213 e. The Morgan fingerprint density at radius 2 is 2.21 bits per heavy atom. The topological polar surface area (TPSA) is 57.9 Å². The van der Waals surface area contributed by atoms with Gasteiger partial charge in [0.15, 0.2) is 0 Å². The predicted molar refractivity (Wildman–Crippen MR) is 69.2 cm³/mol. The minimum Gasteiger partial charge on any atom is -0.481 e. The molecule has 0 unspecified atom stereocenters. The third-order valence-electron chi connectivity index (χ3n) is 2.59. The van der Waals surface area contributed by atoms with Crippen LogP contribution in [0.15, 0.2) is 36.5 Å². The van der Waals surface area contributed by atoms with E-state index in [9.17, 15) is 4.39 Å². The number of nitrogens with zero attached hydrogens (tertiary/aromatic N) is 2. The number of nitriles is 1. The lowest BCUT2D eigenvalue weighted by molar-refractivity contribution is 0.397. The molecule has 0 aliphatic rings. The number of hydrogen-bond donors (Lipinski definition) is 1. The normalized spacial score (nSPS) is 9.74. The number of aromatic nitrogens is 1. The molecule has 96 valence electrons. The van der Waals surface area contributed by atoms with Gasteiger partial charge in [-0.2, -0.15) is 5.26 Å². The van der Waals surface area contributed by atoms with Gasteiger partial charge in [0.2, 0.25) is 5.88 Å². The number of hydrogen-bond acceptors (Lipinski definition) is 4. The van der Waals surface area contributed by atoms with E-state index in [0.29, 0.717) is 23.7 Å². The van der Waals surface area contributed by atoms with Crippen molar-refractivity contribution < 1.29 is 9.13 Å². The van der Waals surface area contributed by atoms with Crippen LogP contribution in [-0.4, -0.2) is 12.1 Å². The van der Waals surface area contributed by atoms with Gasteiger partial charge in [-0.15, -0.1) is 0 Å². The van der Waals surface area contributed by atoms with Crippen LogP contribution < -0.4 is 10.1 Å². The Balaban J connectivity index is 2.08. The molecule has 1 aromatic carbocycles. The van der Waals surface area contributed by atoms with Crippen molar-refractivity contribution in [3.63, 3.8) is 0 Å². The maximum atomic E-state index is 13.6. The van der Waals surface area contributed by atoms with Crippen LogP contribution in [0, 0.1) is 17.1 Å². The highest BCUT2D eigenvalue weighted by Crippen LogP contribution is 2.17. The maximum Gasteiger partial charge on any atom is 0.213 e. The van der Waals surface area contributed by atoms with Crippen molar-refractivity contribution in [2.75, 3.05) is 12.4 Å². The van der Waals surface area contributed by atoms with Crippen molar-refractivity contribution >= 4 is 5.69 Å². The van der Waals surface area contributed by atoms with Gasteiger partial charge in [-0.3, -0.25) is 0 Å². The van der Waals surface area contributed by atoms with Crippen molar-refractivity contribution in [1.82, 2.24) is 4.98 Å². The molecule has 2 aromatic rings. The first-order chi connectivity index (χ1) is 9.22. The molecule has 2 rings (SSSR count). The van der Waals surface area contributed by atoms with E-state index in [1.165, 1.54) is 6.07 Å². The fraction of sp³-hybridized carbons (Fsp3) is 0.143. The third kappa shape index (κ3) is 3.19. The Labute approximate surface area is 110 Å². The first-order valence-electron chi connectivity index (χ1n) is 5.65. The Kier molecular flexibility index (Phi) is 3.94. The van der Waals surface area contributed by atoms with Gasteiger partial charge in [-0.25, -0.2) is 9.37 Å². The number of nitrogens with one attached hydrogen (secondary N) is 1. The molecule has 0 saturated carbocycles. The second-order valence-electron chi connectivity index (χ2n) is 3.87. The molecule has 0 radical (unpaired) electrons. The van der Waals surface area contributed by atoms with E-state index in [0.717, 1.165) is 5.56 Å². The summed E-state index contributed by atoms with van der Waals surface area (Å²) in [7, 11) is 1.54. The monoisotopic (exact) mass is 257 g/mol. The summed E-state index contributed by atoms with van der Waals surface area (Å²) in [5.74, 6) is 0.0691. The van der Waals surface area contributed by atoms with Crippen LogP contribution in [0.3, 0.4) is 0 Å². The molecule has 0 aliphatic carbocycles. The van der Waals surface area contributed by atoms with Crippen LogP contribution in [0.4, 0.5) is 10.1 Å². The van der Waals surface area contributed by atoms with E-state index < -0.39 is 5.82 Å². The summed E-state index contributed by atoms with van der Waals surface area (Å²) >= 11 is 0. The predicted octanol–water partition coefficient (Wildman–Crippen LogP) is 2.71. The van der Waals surface area contributed by atoms with Crippen LogP contribution in [0.1, 0.15) is 11.1 Å². The molecule has 4 nitrogen and oxygen atoms in total. The van der Waals surface area contributed by atoms with E-state index in [4.69, 9.17) is 10.00 Å². The number of pyridine rings is 1. The lowest BCUT2D eigenvalue weighted by Gasteiger charge is -2.08. The minimum atomic E-state index is -0.444. The molecule has 0 aliphatic heterocycles. The Bertz CT molecular complexity index is 622. The summed E-state index contributed by atoms with van der Waals surface area (Å²) in [6.45, 7) is 0.446. The van der Waals surface area contributed by atoms with Crippen LogP contribution in [0.5, 0.6) is 5.88 Å². The number of methoxy groups -OCH3 is 1. The standard InChI is InChI=1S/C14H12FN3O/c1-19-14-7-11(4-5-17-14)9-18-13-3-2-10(8-16)6-12(13)15/h2-7,18H,9H2,1H3. The highest BCUT2D eigenvalue weighted by Gasteiger charge is 2.03. The second-order valence-corrected chi connectivity index (χ2v) is 3.87. The summed E-state index contributed by atoms with van der Waals surface area (Å²) < 4.78 is 18.6.